The van der Waals surface area contributed by atoms with Crippen LogP contribution in [0.4, 0.5) is 0 Å². The summed E-state index contributed by atoms with van der Waals surface area (Å²) in [6.45, 7) is 4.24. The molecule has 1 aliphatic heterocycles. The number of ketones is 1. The summed E-state index contributed by atoms with van der Waals surface area (Å²) in [5.41, 5.74) is 0.947. The van der Waals surface area contributed by atoms with Gasteiger partial charge in [0.15, 0.2) is 0 Å². The van der Waals surface area contributed by atoms with E-state index in [1.165, 1.54) is 0 Å². The highest BCUT2D eigenvalue weighted by atomic mass is 16.3. The smallest absolute Gasteiger partial charge is 0.138 e. The van der Waals surface area contributed by atoms with Crippen molar-refractivity contribution in [1.82, 2.24) is 4.90 Å². The van der Waals surface area contributed by atoms with Gasteiger partial charge in [-0.25, -0.2) is 0 Å². The van der Waals surface area contributed by atoms with Crippen LogP contribution in [0, 0.1) is 5.92 Å². The van der Waals surface area contributed by atoms with Crippen molar-refractivity contribution in [3.05, 3.63) is 35.9 Å². The normalized spacial score (nSPS) is 23.0. The maximum Gasteiger partial charge on any atom is 0.138 e. The van der Waals surface area contributed by atoms with E-state index < -0.39 is 6.10 Å². The molecule has 2 unspecified atom stereocenters. The van der Waals surface area contributed by atoms with Crippen LogP contribution < -0.4 is 0 Å². The van der Waals surface area contributed by atoms with E-state index in [4.69, 9.17) is 0 Å². The standard InChI is InChI=1S/C15H21NO2/c1-2-12-10-16(9-8-14(12)17)11-15(18)13-6-4-3-5-7-13/h3-7,12,15,18H,2,8-11H2,1H3. The average Bonchev–Trinajstić information content (AvgIpc) is 2.42. The van der Waals surface area contributed by atoms with Crippen molar-refractivity contribution in [3.8, 4) is 0 Å². The maximum absolute atomic E-state index is 11.6. The molecule has 98 valence electrons. The minimum absolute atomic E-state index is 0.154. The lowest BCUT2D eigenvalue weighted by molar-refractivity contribution is -0.126. The van der Waals surface area contributed by atoms with Crippen molar-refractivity contribution in [3.63, 3.8) is 0 Å². The predicted octanol–water partition coefficient (Wildman–Crippen LogP) is 2.02. The van der Waals surface area contributed by atoms with Crippen molar-refractivity contribution >= 4 is 5.78 Å². The minimum atomic E-state index is -0.461. The van der Waals surface area contributed by atoms with E-state index in [0.29, 0.717) is 18.7 Å². The lowest BCUT2D eigenvalue weighted by Crippen LogP contribution is -2.42. The van der Waals surface area contributed by atoms with Crippen LogP contribution in [0.25, 0.3) is 0 Å². The van der Waals surface area contributed by atoms with Gasteiger partial charge in [0.1, 0.15) is 5.78 Å². The van der Waals surface area contributed by atoms with Gasteiger partial charge < -0.3 is 5.11 Å². The zero-order valence-electron chi connectivity index (χ0n) is 10.9. The van der Waals surface area contributed by atoms with Crippen molar-refractivity contribution in [2.45, 2.75) is 25.9 Å². The molecule has 1 N–H and O–H groups in total. The van der Waals surface area contributed by atoms with Gasteiger partial charge in [-0.15, -0.1) is 0 Å². The van der Waals surface area contributed by atoms with E-state index in [-0.39, 0.29) is 5.92 Å². The third kappa shape index (κ3) is 3.18. The number of benzene rings is 1. The Kier molecular flexibility index (Phi) is 4.50. The van der Waals surface area contributed by atoms with Gasteiger partial charge in [0.2, 0.25) is 0 Å². The topological polar surface area (TPSA) is 40.5 Å². The Morgan fingerprint density at radius 1 is 1.39 bits per heavy atom. The fourth-order valence-corrected chi connectivity index (χ4v) is 2.52. The summed E-state index contributed by atoms with van der Waals surface area (Å²) in [5.74, 6) is 0.532. The maximum atomic E-state index is 11.6. The number of carbonyl (C=O) groups excluding carboxylic acids is 1. The first-order chi connectivity index (χ1) is 8.70. The molecule has 0 amide bonds. The molecule has 0 aliphatic carbocycles. The second kappa shape index (κ2) is 6.12. The monoisotopic (exact) mass is 247 g/mol. The van der Waals surface area contributed by atoms with Crippen molar-refractivity contribution in [1.29, 1.82) is 0 Å². The van der Waals surface area contributed by atoms with Crippen LogP contribution in [0.3, 0.4) is 0 Å². The number of rotatable bonds is 4. The fourth-order valence-electron chi connectivity index (χ4n) is 2.52. The zero-order chi connectivity index (χ0) is 13.0. The quantitative estimate of drug-likeness (QED) is 0.885. The molecule has 1 aliphatic rings. The van der Waals surface area contributed by atoms with Crippen LogP contribution in [-0.4, -0.2) is 35.4 Å². The summed E-state index contributed by atoms with van der Waals surface area (Å²) in [5, 5.41) is 10.2. The molecule has 0 saturated carbocycles. The van der Waals surface area contributed by atoms with E-state index in [1.807, 2.05) is 30.3 Å². The summed E-state index contributed by atoms with van der Waals surface area (Å²) in [4.78, 5) is 13.8. The summed E-state index contributed by atoms with van der Waals surface area (Å²) < 4.78 is 0. The van der Waals surface area contributed by atoms with Crippen LogP contribution >= 0.6 is 0 Å². The van der Waals surface area contributed by atoms with E-state index in [1.54, 1.807) is 0 Å². The summed E-state index contributed by atoms with van der Waals surface area (Å²) in [6, 6.07) is 9.71. The Bertz CT molecular complexity index is 391. The predicted molar refractivity (Wildman–Crippen MR) is 71.2 cm³/mol. The third-order valence-electron chi connectivity index (χ3n) is 3.72. The minimum Gasteiger partial charge on any atom is -0.387 e. The Labute approximate surface area is 108 Å². The molecular formula is C15H21NO2. The van der Waals surface area contributed by atoms with Gasteiger partial charge >= 0.3 is 0 Å². The molecule has 3 nitrogen and oxygen atoms in total. The number of β-amino-alcohol motifs (C(OH)–C–C–N with tert-alkyl or cyclic N) is 1. The van der Waals surface area contributed by atoms with Crippen molar-refractivity contribution < 1.29 is 9.90 Å². The molecule has 3 heteroatoms. The summed E-state index contributed by atoms with van der Waals surface area (Å²) in [7, 11) is 0. The van der Waals surface area contributed by atoms with Crippen LogP contribution in [0.15, 0.2) is 30.3 Å². The molecule has 0 bridgehead atoms. The van der Waals surface area contributed by atoms with Crippen LogP contribution in [-0.2, 0) is 4.79 Å². The molecule has 1 aromatic carbocycles. The highest BCUT2D eigenvalue weighted by Crippen LogP contribution is 2.20. The molecular weight excluding hydrogens is 226 g/mol. The molecule has 2 atom stereocenters. The lowest BCUT2D eigenvalue weighted by Gasteiger charge is -2.32. The molecule has 0 aromatic heterocycles. The number of Topliss-reactive ketones (excluding diaryl/α,β-unsaturated/α-hetero) is 1. The molecule has 1 heterocycles. The molecule has 1 saturated heterocycles. The molecule has 18 heavy (non-hydrogen) atoms. The summed E-state index contributed by atoms with van der Waals surface area (Å²) in [6.07, 6.45) is 1.06. The molecule has 0 spiro atoms. The number of piperidine rings is 1. The second-order valence-electron chi connectivity index (χ2n) is 5.01. The first-order valence-corrected chi connectivity index (χ1v) is 6.68. The second-order valence-corrected chi connectivity index (χ2v) is 5.01. The Balaban J connectivity index is 1.92. The van der Waals surface area contributed by atoms with Gasteiger partial charge in [0.05, 0.1) is 6.10 Å². The Hall–Kier alpha value is -1.19. The largest absolute Gasteiger partial charge is 0.387 e. The van der Waals surface area contributed by atoms with Crippen LogP contribution in [0.5, 0.6) is 0 Å². The molecule has 1 fully saturated rings. The number of hydrogen-bond donors (Lipinski definition) is 1. The SMILES string of the molecule is CCC1CN(CC(O)c2ccccc2)CCC1=O. The van der Waals surface area contributed by atoms with Gasteiger partial charge in [-0.05, 0) is 12.0 Å². The van der Waals surface area contributed by atoms with Crippen LogP contribution in [0.1, 0.15) is 31.4 Å². The Morgan fingerprint density at radius 2 is 2.11 bits per heavy atom. The molecule has 2 rings (SSSR count). The number of nitrogens with zero attached hydrogens (tertiary/aromatic N) is 1. The number of carbonyl (C=O) groups is 1. The number of likely N-dealkylation sites (tertiary alicyclic amines) is 1. The van der Waals surface area contributed by atoms with Gasteiger partial charge in [0.25, 0.3) is 0 Å². The van der Waals surface area contributed by atoms with Gasteiger partial charge in [-0.2, -0.15) is 0 Å². The van der Waals surface area contributed by atoms with Crippen LogP contribution in [0.2, 0.25) is 0 Å². The highest BCUT2D eigenvalue weighted by molar-refractivity contribution is 5.82. The van der Waals surface area contributed by atoms with E-state index in [0.717, 1.165) is 25.1 Å². The number of aliphatic hydroxyl groups excluding tert-OH is 1. The number of aliphatic hydroxyl groups is 1. The Morgan fingerprint density at radius 3 is 2.78 bits per heavy atom. The third-order valence-corrected chi connectivity index (χ3v) is 3.72. The van der Waals surface area contributed by atoms with E-state index in [9.17, 15) is 9.90 Å². The molecule has 1 aromatic rings. The molecule has 0 radical (unpaired) electrons. The zero-order valence-corrected chi connectivity index (χ0v) is 10.9. The van der Waals surface area contributed by atoms with Gasteiger partial charge in [-0.1, -0.05) is 37.3 Å². The van der Waals surface area contributed by atoms with Gasteiger partial charge in [0, 0.05) is 32.0 Å². The van der Waals surface area contributed by atoms with E-state index in [2.05, 4.69) is 11.8 Å². The van der Waals surface area contributed by atoms with E-state index >= 15 is 0 Å². The van der Waals surface area contributed by atoms with Crippen molar-refractivity contribution in [2.24, 2.45) is 5.92 Å². The van der Waals surface area contributed by atoms with Gasteiger partial charge in [-0.3, -0.25) is 9.69 Å². The lowest BCUT2D eigenvalue weighted by atomic mass is 9.93. The first kappa shape index (κ1) is 13.2. The number of hydrogen-bond acceptors (Lipinski definition) is 3. The highest BCUT2D eigenvalue weighted by Gasteiger charge is 2.26. The fraction of sp³-hybridized carbons (Fsp3) is 0.533. The summed E-state index contributed by atoms with van der Waals surface area (Å²) >= 11 is 0. The average molecular weight is 247 g/mol. The van der Waals surface area contributed by atoms with Crippen molar-refractivity contribution in [2.75, 3.05) is 19.6 Å². The first-order valence-electron chi connectivity index (χ1n) is 6.68.